The molecule has 0 aliphatic carbocycles. The van der Waals surface area contributed by atoms with Crippen LogP contribution in [0.1, 0.15) is 18.4 Å². The van der Waals surface area contributed by atoms with Crippen LogP contribution in [0.2, 0.25) is 0 Å². The first kappa shape index (κ1) is 24.5. The molecule has 0 spiro atoms. The zero-order valence-electron chi connectivity index (χ0n) is 19.3. The fraction of sp³-hybridized carbons (Fsp3) is 0.565. The third-order valence-corrected chi connectivity index (χ3v) is 6.26. The monoisotopic (exact) mass is 459 g/mol. The van der Waals surface area contributed by atoms with Gasteiger partial charge in [0.15, 0.2) is 5.78 Å². The number of piperazine rings is 1. The minimum Gasteiger partial charge on any atom is -0.480 e. The molecule has 0 aromatic heterocycles. The molecule has 2 heterocycles. The standard InChI is InChI=1S/C23H33N5O5/c1-25-11-13-27(14-12-25)22(32)24-18(15-17-7-4-3-5-8-17)20(29)16-26(2)23(33)28-10-6-9-19(28)21(30)31/h3-5,7-8,18-19H,6,9-16H2,1-2H3,(H,24,32)(H,30,31)/t18-,19-/m0/s1. The second-order valence-corrected chi connectivity index (χ2v) is 8.78. The Labute approximate surface area is 194 Å². The minimum absolute atomic E-state index is 0.220. The molecule has 0 saturated carbocycles. The van der Waals surface area contributed by atoms with Crippen LogP contribution in [0.5, 0.6) is 0 Å². The molecule has 2 aliphatic rings. The van der Waals surface area contributed by atoms with Gasteiger partial charge in [0, 0.05) is 39.8 Å². The number of ketones is 1. The molecule has 3 rings (SSSR count). The Hall–Kier alpha value is -3.14. The van der Waals surface area contributed by atoms with Crippen LogP contribution in [0.25, 0.3) is 0 Å². The van der Waals surface area contributed by atoms with Crippen LogP contribution in [0.15, 0.2) is 30.3 Å². The van der Waals surface area contributed by atoms with Crippen LogP contribution in [0.4, 0.5) is 9.59 Å². The molecule has 2 saturated heterocycles. The number of likely N-dealkylation sites (N-methyl/N-ethyl adjacent to an activating group) is 2. The van der Waals surface area contributed by atoms with Crippen molar-refractivity contribution in [2.45, 2.75) is 31.3 Å². The molecule has 10 heteroatoms. The average Bonchev–Trinajstić information content (AvgIpc) is 3.29. The van der Waals surface area contributed by atoms with Crippen molar-refractivity contribution in [1.82, 2.24) is 24.9 Å². The summed E-state index contributed by atoms with van der Waals surface area (Å²) in [5, 5.41) is 12.2. The fourth-order valence-electron chi connectivity index (χ4n) is 4.23. The van der Waals surface area contributed by atoms with Gasteiger partial charge in [-0.1, -0.05) is 30.3 Å². The highest BCUT2D eigenvalue weighted by Crippen LogP contribution is 2.19. The SMILES string of the molecule is CN1CCN(C(=O)N[C@@H](Cc2ccccc2)C(=O)CN(C)C(=O)N2CCC[C@H]2C(=O)O)CC1. The molecule has 4 amide bonds. The maximum absolute atomic E-state index is 13.2. The average molecular weight is 460 g/mol. The van der Waals surface area contributed by atoms with Gasteiger partial charge in [-0.2, -0.15) is 0 Å². The molecule has 0 bridgehead atoms. The first-order valence-electron chi connectivity index (χ1n) is 11.3. The van der Waals surface area contributed by atoms with Gasteiger partial charge in [0.2, 0.25) is 0 Å². The first-order chi connectivity index (χ1) is 15.8. The van der Waals surface area contributed by atoms with Crippen molar-refractivity contribution in [3.05, 3.63) is 35.9 Å². The number of carbonyl (C=O) groups is 4. The van der Waals surface area contributed by atoms with Crippen LogP contribution < -0.4 is 5.32 Å². The van der Waals surface area contributed by atoms with Gasteiger partial charge in [0.1, 0.15) is 6.04 Å². The predicted molar refractivity (Wildman–Crippen MR) is 122 cm³/mol. The number of amides is 4. The lowest BCUT2D eigenvalue weighted by Gasteiger charge is -2.33. The summed E-state index contributed by atoms with van der Waals surface area (Å²) in [6, 6.07) is 6.94. The molecule has 180 valence electrons. The largest absolute Gasteiger partial charge is 0.480 e. The van der Waals surface area contributed by atoms with Gasteiger partial charge in [-0.15, -0.1) is 0 Å². The fourth-order valence-corrected chi connectivity index (χ4v) is 4.23. The summed E-state index contributed by atoms with van der Waals surface area (Å²) in [7, 11) is 3.48. The van der Waals surface area contributed by atoms with E-state index in [0.717, 1.165) is 18.7 Å². The summed E-state index contributed by atoms with van der Waals surface area (Å²) in [5.41, 5.74) is 0.897. The highest BCUT2D eigenvalue weighted by atomic mass is 16.4. The molecule has 1 aromatic rings. The number of benzene rings is 1. The van der Waals surface area contributed by atoms with Gasteiger partial charge in [-0.3, -0.25) is 4.79 Å². The number of likely N-dealkylation sites (tertiary alicyclic amines) is 1. The van der Waals surface area contributed by atoms with Crippen molar-refractivity contribution in [1.29, 1.82) is 0 Å². The molecule has 0 unspecified atom stereocenters. The van der Waals surface area contributed by atoms with Gasteiger partial charge in [0.25, 0.3) is 0 Å². The van der Waals surface area contributed by atoms with E-state index in [1.807, 2.05) is 37.4 Å². The Kier molecular flexibility index (Phi) is 8.26. The van der Waals surface area contributed by atoms with E-state index in [1.165, 1.54) is 16.8 Å². The summed E-state index contributed by atoms with van der Waals surface area (Å²) in [5.74, 6) is -1.34. The van der Waals surface area contributed by atoms with E-state index in [-0.39, 0.29) is 18.4 Å². The predicted octanol–water partition coefficient (Wildman–Crippen LogP) is 0.725. The number of urea groups is 2. The molecular weight excluding hydrogens is 426 g/mol. The van der Waals surface area contributed by atoms with E-state index in [9.17, 15) is 24.3 Å². The van der Waals surface area contributed by atoms with E-state index in [4.69, 9.17) is 0 Å². The first-order valence-corrected chi connectivity index (χ1v) is 11.3. The zero-order chi connectivity index (χ0) is 24.0. The summed E-state index contributed by atoms with van der Waals surface area (Å²) in [6.45, 7) is 2.83. The van der Waals surface area contributed by atoms with Gasteiger partial charge < -0.3 is 30.0 Å². The molecule has 10 nitrogen and oxygen atoms in total. The molecule has 2 fully saturated rings. The van der Waals surface area contributed by atoms with E-state index in [2.05, 4.69) is 10.2 Å². The van der Waals surface area contributed by atoms with Gasteiger partial charge in [-0.25, -0.2) is 14.4 Å². The number of carbonyl (C=O) groups excluding carboxylic acids is 3. The quantitative estimate of drug-likeness (QED) is 0.621. The molecule has 0 radical (unpaired) electrons. The van der Waals surface area contributed by atoms with Crippen molar-refractivity contribution in [2.75, 3.05) is 53.4 Å². The lowest BCUT2D eigenvalue weighted by atomic mass is 10.0. The number of rotatable bonds is 7. The third kappa shape index (κ3) is 6.44. The highest BCUT2D eigenvalue weighted by molar-refractivity contribution is 5.93. The number of hydrogen-bond acceptors (Lipinski definition) is 5. The Balaban J connectivity index is 1.67. The Morgan fingerprint density at radius 2 is 1.76 bits per heavy atom. The second kappa shape index (κ2) is 11.1. The van der Waals surface area contributed by atoms with Gasteiger partial charge in [-0.05, 0) is 31.9 Å². The van der Waals surface area contributed by atoms with E-state index >= 15 is 0 Å². The topological polar surface area (TPSA) is 114 Å². The summed E-state index contributed by atoms with van der Waals surface area (Å²) in [6.07, 6.45) is 1.32. The van der Waals surface area contributed by atoms with E-state index < -0.39 is 24.1 Å². The Bertz CT molecular complexity index is 856. The Morgan fingerprint density at radius 1 is 1.09 bits per heavy atom. The van der Waals surface area contributed by atoms with Gasteiger partial charge >= 0.3 is 18.0 Å². The summed E-state index contributed by atoms with van der Waals surface area (Å²) >= 11 is 0. The van der Waals surface area contributed by atoms with Crippen LogP contribution in [-0.2, 0) is 16.0 Å². The number of carboxylic acid groups (broad SMARTS) is 1. The van der Waals surface area contributed by atoms with E-state index in [0.29, 0.717) is 38.9 Å². The summed E-state index contributed by atoms with van der Waals surface area (Å²) in [4.78, 5) is 56.7. The molecular formula is C23H33N5O5. The number of carboxylic acids is 1. The van der Waals surface area contributed by atoms with Crippen LogP contribution in [-0.4, -0.2) is 114 Å². The lowest BCUT2D eigenvalue weighted by Crippen LogP contribution is -2.56. The lowest BCUT2D eigenvalue weighted by molar-refractivity contribution is -0.141. The highest BCUT2D eigenvalue weighted by Gasteiger charge is 2.36. The maximum Gasteiger partial charge on any atom is 0.326 e. The number of hydrogen-bond donors (Lipinski definition) is 2. The van der Waals surface area contributed by atoms with Crippen molar-refractivity contribution in [3.63, 3.8) is 0 Å². The van der Waals surface area contributed by atoms with Crippen molar-refractivity contribution < 1.29 is 24.3 Å². The molecule has 2 aliphatic heterocycles. The Morgan fingerprint density at radius 3 is 2.39 bits per heavy atom. The number of nitrogens with one attached hydrogen (secondary N) is 1. The molecule has 33 heavy (non-hydrogen) atoms. The number of aliphatic carboxylic acids is 1. The van der Waals surface area contributed by atoms with Gasteiger partial charge in [0.05, 0.1) is 12.6 Å². The smallest absolute Gasteiger partial charge is 0.326 e. The minimum atomic E-state index is -1.04. The van der Waals surface area contributed by atoms with Crippen molar-refractivity contribution >= 4 is 23.8 Å². The second-order valence-electron chi connectivity index (χ2n) is 8.78. The van der Waals surface area contributed by atoms with Crippen molar-refractivity contribution in [3.8, 4) is 0 Å². The maximum atomic E-state index is 13.2. The van der Waals surface area contributed by atoms with Crippen molar-refractivity contribution in [2.24, 2.45) is 0 Å². The molecule has 2 N–H and O–H groups in total. The van der Waals surface area contributed by atoms with E-state index in [1.54, 1.807) is 4.90 Å². The van der Waals surface area contributed by atoms with Crippen LogP contribution >= 0.6 is 0 Å². The molecule has 2 atom stereocenters. The number of nitrogens with zero attached hydrogens (tertiary/aromatic N) is 4. The molecule has 1 aromatic carbocycles. The van der Waals surface area contributed by atoms with Crippen LogP contribution in [0, 0.1) is 0 Å². The number of Topliss-reactive ketones (excluding diaryl/α,β-unsaturated/α-hetero) is 1. The zero-order valence-corrected chi connectivity index (χ0v) is 19.3. The normalized spacial score (nSPS) is 19.8. The summed E-state index contributed by atoms with van der Waals surface area (Å²) < 4.78 is 0. The third-order valence-electron chi connectivity index (χ3n) is 6.26. The van der Waals surface area contributed by atoms with Crippen LogP contribution in [0.3, 0.4) is 0 Å².